The van der Waals surface area contributed by atoms with Crippen molar-refractivity contribution in [1.82, 2.24) is 9.58 Å². The molecular formula is C24H18FN5OS. The van der Waals surface area contributed by atoms with E-state index in [1.54, 1.807) is 18.2 Å². The number of hydrogen-bond acceptors (Lipinski definition) is 4. The highest BCUT2D eigenvalue weighted by Crippen LogP contribution is 2.31. The first-order valence-electron chi connectivity index (χ1n) is 9.92. The number of carbonyl (C=O) groups is 1. The molecule has 0 atom stereocenters. The number of aryl methyl sites for hydroxylation is 2. The predicted molar refractivity (Wildman–Crippen MR) is 126 cm³/mol. The number of aliphatic imine (C=N–C) groups is 1. The van der Waals surface area contributed by atoms with E-state index < -0.39 is 5.91 Å². The maximum Gasteiger partial charge on any atom is 0.283 e. The van der Waals surface area contributed by atoms with Gasteiger partial charge in [-0.1, -0.05) is 6.07 Å². The third-order valence-electron chi connectivity index (χ3n) is 5.39. The molecule has 0 radical (unpaired) electrons. The van der Waals surface area contributed by atoms with Crippen molar-refractivity contribution >= 4 is 39.8 Å². The molecule has 1 aromatic heterocycles. The molecule has 2 aromatic carbocycles. The summed E-state index contributed by atoms with van der Waals surface area (Å²) in [6.45, 7) is 4.11. The average molecular weight is 444 g/mol. The fraction of sp³-hybridized carbons (Fsp3) is 0.0833. The number of halogens is 1. The van der Waals surface area contributed by atoms with E-state index in [1.165, 1.54) is 40.0 Å². The Balaban J connectivity index is 1.50. The standard InChI is InChI=1S/C24H18FN5OS/c1-14-5-10-19(12-15(14)2)29-11-3-4-18(29)13-20-21(26)30-24(27-22(20)31)32-23(28-30)16-6-8-17(25)9-7-16/h3-13,26H,1-2H3/b20-13+,26-21?. The molecule has 0 fully saturated rings. The SMILES string of the molecule is Cc1ccc(-n2cccc2/C=C2\C(=N)N3N=C(c4ccc(F)cc4)SC3=NC2=O)cc1C. The van der Waals surface area contributed by atoms with Gasteiger partial charge in [-0.25, -0.2) is 4.39 Å². The summed E-state index contributed by atoms with van der Waals surface area (Å²) in [6.07, 6.45) is 3.58. The van der Waals surface area contributed by atoms with E-state index >= 15 is 0 Å². The largest absolute Gasteiger partial charge is 0.317 e. The first kappa shape index (κ1) is 20.1. The van der Waals surface area contributed by atoms with Crippen molar-refractivity contribution in [3.05, 3.63) is 94.6 Å². The molecule has 158 valence electrons. The van der Waals surface area contributed by atoms with Crippen molar-refractivity contribution in [2.24, 2.45) is 10.1 Å². The van der Waals surface area contributed by atoms with Gasteiger partial charge in [-0.3, -0.25) is 10.2 Å². The van der Waals surface area contributed by atoms with Crippen molar-refractivity contribution in [2.75, 3.05) is 0 Å². The quantitative estimate of drug-likeness (QED) is 0.585. The Bertz CT molecular complexity index is 1370. The topological polar surface area (TPSA) is 73.8 Å². The second kappa shape index (κ2) is 7.72. The molecule has 0 spiro atoms. The van der Waals surface area contributed by atoms with Crippen LogP contribution in [0.15, 0.2) is 76.5 Å². The van der Waals surface area contributed by atoms with Crippen LogP contribution in [0, 0.1) is 25.1 Å². The highest BCUT2D eigenvalue weighted by atomic mass is 32.2. The number of nitrogens with one attached hydrogen (secondary N) is 1. The number of rotatable bonds is 3. The molecule has 1 amide bonds. The molecule has 1 N–H and O–H groups in total. The van der Waals surface area contributed by atoms with E-state index in [-0.39, 0.29) is 17.2 Å². The summed E-state index contributed by atoms with van der Waals surface area (Å²) < 4.78 is 15.2. The van der Waals surface area contributed by atoms with E-state index in [9.17, 15) is 9.18 Å². The van der Waals surface area contributed by atoms with Crippen LogP contribution in [-0.2, 0) is 4.79 Å². The fourth-order valence-electron chi connectivity index (χ4n) is 3.47. The smallest absolute Gasteiger partial charge is 0.283 e. The minimum Gasteiger partial charge on any atom is -0.317 e. The number of fused-ring (bicyclic) bond motifs is 1. The average Bonchev–Trinajstić information content (AvgIpc) is 3.41. The molecule has 0 saturated carbocycles. The zero-order valence-corrected chi connectivity index (χ0v) is 18.2. The van der Waals surface area contributed by atoms with Crippen molar-refractivity contribution in [1.29, 1.82) is 5.41 Å². The molecule has 32 heavy (non-hydrogen) atoms. The number of thioether (sulfide) groups is 1. The van der Waals surface area contributed by atoms with E-state index in [0.717, 1.165) is 11.4 Å². The molecule has 3 heterocycles. The highest BCUT2D eigenvalue weighted by Gasteiger charge is 2.36. The predicted octanol–water partition coefficient (Wildman–Crippen LogP) is 4.90. The van der Waals surface area contributed by atoms with Crippen molar-refractivity contribution in [3.8, 4) is 5.69 Å². The second-order valence-electron chi connectivity index (χ2n) is 7.50. The Morgan fingerprint density at radius 2 is 1.84 bits per heavy atom. The lowest BCUT2D eigenvalue weighted by Gasteiger charge is -2.20. The van der Waals surface area contributed by atoms with Crippen LogP contribution in [0.2, 0.25) is 0 Å². The van der Waals surface area contributed by atoms with Gasteiger partial charge in [-0.15, -0.1) is 0 Å². The van der Waals surface area contributed by atoms with E-state index in [4.69, 9.17) is 5.41 Å². The number of hydrogen-bond donors (Lipinski definition) is 1. The first-order chi connectivity index (χ1) is 15.4. The molecule has 6 nitrogen and oxygen atoms in total. The minimum absolute atomic E-state index is 0.0440. The van der Waals surface area contributed by atoms with Crippen LogP contribution in [0.25, 0.3) is 11.8 Å². The lowest BCUT2D eigenvalue weighted by Crippen LogP contribution is -2.35. The second-order valence-corrected chi connectivity index (χ2v) is 8.46. The molecular weight excluding hydrogens is 425 g/mol. The molecule has 0 bridgehead atoms. The number of carbonyl (C=O) groups excluding carboxylic acids is 1. The Labute approximate surface area is 188 Å². The zero-order chi connectivity index (χ0) is 22.4. The van der Waals surface area contributed by atoms with E-state index in [1.807, 2.05) is 29.0 Å². The maximum absolute atomic E-state index is 13.2. The van der Waals surface area contributed by atoms with Gasteiger partial charge in [0, 0.05) is 23.1 Å². The maximum atomic E-state index is 13.2. The number of amidine groups is 2. The number of nitrogens with zero attached hydrogens (tertiary/aromatic N) is 4. The van der Waals surface area contributed by atoms with E-state index in [0.29, 0.717) is 15.8 Å². The molecule has 2 aliphatic heterocycles. The number of hydrazone groups is 1. The number of benzene rings is 2. The monoisotopic (exact) mass is 443 g/mol. The molecule has 8 heteroatoms. The van der Waals surface area contributed by atoms with Crippen LogP contribution in [-0.4, -0.2) is 31.5 Å². The molecule has 5 rings (SSSR count). The molecule has 3 aromatic rings. The minimum atomic E-state index is -0.489. The molecule has 0 unspecified atom stereocenters. The lowest BCUT2D eigenvalue weighted by atomic mass is 10.1. The van der Waals surface area contributed by atoms with Crippen molar-refractivity contribution in [3.63, 3.8) is 0 Å². The van der Waals surface area contributed by atoms with Gasteiger partial charge in [0.15, 0.2) is 5.84 Å². The van der Waals surface area contributed by atoms with E-state index in [2.05, 4.69) is 36.1 Å². The van der Waals surface area contributed by atoms with Crippen LogP contribution < -0.4 is 0 Å². The Hall–Kier alpha value is -3.78. The van der Waals surface area contributed by atoms with Crippen LogP contribution in [0.4, 0.5) is 4.39 Å². The van der Waals surface area contributed by atoms with Crippen LogP contribution in [0.5, 0.6) is 0 Å². The third kappa shape index (κ3) is 3.48. The highest BCUT2D eigenvalue weighted by molar-refractivity contribution is 8.27. The van der Waals surface area contributed by atoms with Gasteiger partial charge in [0.1, 0.15) is 10.9 Å². The van der Waals surface area contributed by atoms with Gasteiger partial charge in [0.05, 0.1) is 5.57 Å². The summed E-state index contributed by atoms with van der Waals surface area (Å²) in [7, 11) is 0. The number of amides is 1. The summed E-state index contributed by atoms with van der Waals surface area (Å²) in [4.78, 5) is 16.9. The summed E-state index contributed by atoms with van der Waals surface area (Å²) in [5.41, 5.74) is 4.95. The van der Waals surface area contributed by atoms with Crippen molar-refractivity contribution in [2.45, 2.75) is 13.8 Å². The van der Waals surface area contributed by atoms with Crippen molar-refractivity contribution < 1.29 is 9.18 Å². The third-order valence-corrected chi connectivity index (χ3v) is 6.34. The Kier molecular flexibility index (Phi) is 4.86. The summed E-state index contributed by atoms with van der Waals surface area (Å²) in [6, 6.07) is 15.8. The van der Waals surface area contributed by atoms with Crippen LogP contribution >= 0.6 is 11.8 Å². The van der Waals surface area contributed by atoms with Gasteiger partial charge in [0.25, 0.3) is 5.91 Å². The fourth-order valence-corrected chi connectivity index (χ4v) is 4.37. The lowest BCUT2D eigenvalue weighted by molar-refractivity contribution is -0.114. The zero-order valence-electron chi connectivity index (χ0n) is 17.3. The molecule has 2 aliphatic rings. The summed E-state index contributed by atoms with van der Waals surface area (Å²) in [5.74, 6) is -0.873. The van der Waals surface area contributed by atoms with Gasteiger partial charge < -0.3 is 4.57 Å². The summed E-state index contributed by atoms with van der Waals surface area (Å²) >= 11 is 1.18. The van der Waals surface area contributed by atoms with Gasteiger partial charge in [-0.2, -0.15) is 15.1 Å². The van der Waals surface area contributed by atoms with Gasteiger partial charge in [0.2, 0.25) is 5.17 Å². The van der Waals surface area contributed by atoms with Crippen LogP contribution in [0.1, 0.15) is 22.4 Å². The number of aromatic nitrogens is 1. The Morgan fingerprint density at radius 3 is 2.59 bits per heavy atom. The molecule has 0 saturated heterocycles. The Morgan fingerprint density at radius 1 is 1.06 bits per heavy atom. The molecule has 0 aliphatic carbocycles. The van der Waals surface area contributed by atoms with Gasteiger partial charge in [-0.05, 0) is 91.3 Å². The van der Waals surface area contributed by atoms with Crippen LogP contribution in [0.3, 0.4) is 0 Å². The normalized spacial score (nSPS) is 17.0. The first-order valence-corrected chi connectivity index (χ1v) is 10.7. The van der Waals surface area contributed by atoms with Gasteiger partial charge >= 0.3 is 0 Å². The summed E-state index contributed by atoms with van der Waals surface area (Å²) in [5, 5.41) is 15.3.